The maximum Gasteiger partial charge on any atom is 0.214 e. The number of rotatable bonds is 5. The van der Waals surface area contributed by atoms with Crippen molar-refractivity contribution >= 4 is 21.3 Å². The van der Waals surface area contributed by atoms with Gasteiger partial charge in [-0.15, -0.1) is 4.36 Å². The number of allylic oxidation sites excluding steroid dienone is 4. The Balaban J connectivity index is 1.55. The molecular formula is C35H50N4O3S. The number of ketones is 2. The molecule has 0 radical (unpaired) electrons. The van der Waals surface area contributed by atoms with Crippen molar-refractivity contribution in [3.63, 3.8) is 0 Å². The van der Waals surface area contributed by atoms with Gasteiger partial charge in [-0.3, -0.25) is 9.59 Å². The Morgan fingerprint density at radius 2 is 1.70 bits per heavy atom. The predicted molar refractivity (Wildman–Crippen MR) is 169 cm³/mol. The lowest BCUT2D eigenvalue weighted by molar-refractivity contribution is -0.161. The Labute approximate surface area is 259 Å². The summed E-state index contributed by atoms with van der Waals surface area (Å²) in [5.74, 6) is 0.593. The van der Waals surface area contributed by atoms with Crippen LogP contribution in [0.4, 0.5) is 0 Å². The van der Waals surface area contributed by atoms with Gasteiger partial charge in [0.25, 0.3) is 0 Å². The molecule has 0 saturated heterocycles. The van der Waals surface area contributed by atoms with E-state index in [1.807, 2.05) is 26.0 Å². The topological polar surface area (TPSA) is 123 Å². The van der Waals surface area contributed by atoms with E-state index in [1.165, 1.54) is 0 Å². The van der Waals surface area contributed by atoms with Crippen molar-refractivity contribution in [2.24, 2.45) is 49.2 Å². The lowest BCUT2D eigenvalue weighted by atomic mass is 9.35. The van der Waals surface area contributed by atoms with Gasteiger partial charge in [-0.1, -0.05) is 60.1 Å². The SMILES string of the molecule is CC1(C)CC[C@]2(NCCCS(C)(=O)=NC#N)CC[C@]3(C)[C@H](C(=O)C=C4[C@@]5(C)C=C(C#N)C(=O)C(C)(C)[C@@H]5CC[C@]43C)[C@@H]2C1. The van der Waals surface area contributed by atoms with Crippen LogP contribution in [0.2, 0.25) is 0 Å². The van der Waals surface area contributed by atoms with Crippen LogP contribution in [0.3, 0.4) is 0 Å². The molecule has 0 bridgehead atoms. The fraction of sp³-hybridized carbons (Fsp3) is 0.771. The fourth-order valence-electron chi connectivity index (χ4n) is 10.7. The van der Waals surface area contributed by atoms with Crippen LogP contribution in [-0.4, -0.2) is 39.9 Å². The zero-order chi connectivity index (χ0) is 31.9. The highest BCUT2D eigenvalue weighted by atomic mass is 32.2. The van der Waals surface area contributed by atoms with Crippen molar-refractivity contribution in [2.75, 3.05) is 18.6 Å². The summed E-state index contributed by atoms with van der Waals surface area (Å²) in [4.78, 5) is 27.9. The first-order chi connectivity index (χ1) is 19.8. The van der Waals surface area contributed by atoms with Crippen molar-refractivity contribution < 1.29 is 13.8 Å². The van der Waals surface area contributed by atoms with Crippen LogP contribution in [-0.2, 0) is 19.3 Å². The third-order valence-electron chi connectivity index (χ3n) is 13.3. The molecule has 5 rings (SSSR count). The maximum atomic E-state index is 14.6. The molecule has 1 N–H and O–H groups in total. The molecule has 8 heteroatoms. The minimum Gasteiger partial charge on any atom is -0.311 e. The molecule has 0 heterocycles. The number of fused-ring (bicyclic) bond motifs is 7. The molecule has 5 aliphatic carbocycles. The molecule has 8 atom stereocenters. The molecule has 3 saturated carbocycles. The van der Waals surface area contributed by atoms with Crippen molar-refractivity contribution in [3.05, 3.63) is 23.3 Å². The minimum absolute atomic E-state index is 0.0384. The molecule has 1 unspecified atom stereocenters. The second kappa shape index (κ2) is 10.1. The number of Topliss-reactive ketones (excluding diaryl/α,β-unsaturated/α-hetero) is 1. The number of hydrogen-bond acceptors (Lipinski definition) is 7. The van der Waals surface area contributed by atoms with E-state index in [4.69, 9.17) is 5.26 Å². The molecule has 0 aromatic rings. The van der Waals surface area contributed by atoms with Crippen molar-refractivity contribution in [1.82, 2.24) is 5.32 Å². The molecule has 0 aromatic heterocycles. The first-order valence-corrected chi connectivity index (χ1v) is 18.2. The molecule has 0 aromatic carbocycles. The summed E-state index contributed by atoms with van der Waals surface area (Å²) < 4.78 is 16.2. The van der Waals surface area contributed by atoms with Gasteiger partial charge in [-0.2, -0.15) is 10.5 Å². The van der Waals surface area contributed by atoms with Gasteiger partial charge >= 0.3 is 0 Å². The second-order valence-corrected chi connectivity index (χ2v) is 19.1. The summed E-state index contributed by atoms with van der Waals surface area (Å²) in [6, 6.07) is 2.20. The van der Waals surface area contributed by atoms with Gasteiger partial charge in [0.05, 0.1) is 15.3 Å². The molecular weight excluding hydrogens is 556 g/mol. The summed E-state index contributed by atoms with van der Waals surface area (Å²) in [5.41, 5.74) is -0.350. The fourth-order valence-corrected chi connectivity index (χ4v) is 11.7. The quantitative estimate of drug-likeness (QED) is 0.281. The van der Waals surface area contributed by atoms with Crippen LogP contribution < -0.4 is 5.32 Å². The van der Waals surface area contributed by atoms with E-state index in [2.05, 4.69) is 50.4 Å². The first kappa shape index (κ1) is 32.1. The molecule has 3 fully saturated rings. The van der Waals surface area contributed by atoms with Gasteiger partial charge < -0.3 is 5.32 Å². The summed E-state index contributed by atoms with van der Waals surface area (Å²) in [6.07, 6.45) is 14.6. The Hall–Kier alpha value is -2.29. The highest BCUT2D eigenvalue weighted by Gasteiger charge is 2.69. The highest BCUT2D eigenvalue weighted by molar-refractivity contribution is 7.92. The monoisotopic (exact) mass is 606 g/mol. The highest BCUT2D eigenvalue weighted by Crippen LogP contribution is 2.73. The van der Waals surface area contributed by atoms with Crippen LogP contribution in [0.5, 0.6) is 0 Å². The van der Waals surface area contributed by atoms with Crippen LogP contribution in [0.15, 0.2) is 27.7 Å². The molecule has 0 amide bonds. The molecule has 43 heavy (non-hydrogen) atoms. The van der Waals surface area contributed by atoms with Gasteiger partial charge in [-0.05, 0) is 92.1 Å². The van der Waals surface area contributed by atoms with E-state index in [0.717, 1.165) is 50.5 Å². The summed E-state index contributed by atoms with van der Waals surface area (Å²) >= 11 is 0. The summed E-state index contributed by atoms with van der Waals surface area (Å²) in [6.45, 7) is 16.2. The Morgan fingerprint density at radius 3 is 2.35 bits per heavy atom. The van der Waals surface area contributed by atoms with Gasteiger partial charge in [0.15, 0.2) is 11.6 Å². The summed E-state index contributed by atoms with van der Waals surface area (Å²) in [5, 5.41) is 22.8. The number of nitrogens with zero attached hydrogens (tertiary/aromatic N) is 3. The van der Waals surface area contributed by atoms with Crippen molar-refractivity contribution in [3.8, 4) is 12.3 Å². The average Bonchev–Trinajstić information content (AvgIpc) is 2.90. The summed E-state index contributed by atoms with van der Waals surface area (Å²) in [7, 11) is -2.51. The zero-order valence-corrected chi connectivity index (χ0v) is 28.2. The van der Waals surface area contributed by atoms with Gasteiger partial charge in [0, 0.05) is 34.3 Å². The standard InChI is InChI=1S/C35H50N4O3S/c1-30(2)12-14-35(38-16-9-17-43(8,42)39-22-37)15-13-34(7)28(24(35)20-30)25(40)18-27-32(5)19-23(21-36)29(41)31(3,4)26(32)10-11-33(27,34)6/h18-19,24,26,28,38H,9-17,20H2,1-8H3/t24-,26-,28-,32-,33+,34+,35-,43?/m0/s1. The lowest BCUT2D eigenvalue weighted by Crippen LogP contribution is -2.69. The normalized spacial score (nSPS) is 42.3. The van der Waals surface area contributed by atoms with Gasteiger partial charge in [0.2, 0.25) is 6.19 Å². The maximum absolute atomic E-state index is 14.6. The third-order valence-corrected chi connectivity index (χ3v) is 14.8. The Kier molecular flexibility index (Phi) is 7.55. The Bertz CT molecular complexity index is 1520. The second-order valence-electron chi connectivity index (χ2n) is 16.5. The Morgan fingerprint density at radius 1 is 1.02 bits per heavy atom. The number of hydrogen-bond donors (Lipinski definition) is 1. The van der Waals surface area contributed by atoms with Gasteiger partial charge in [0.1, 0.15) is 6.07 Å². The van der Waals surface area contributed by atoms with Crippen LogP contribution in [0, 0.1) is 67.6 Å². The lowest BCUT2D eigenvalue weighted by Gasteiger charge is -2.69. The van der Waals surface area contributed by atoms with E-state index in [1.54, 1.807) is 12.4 Å². The largest absolute Gasteiger partial charge is 0.311 e. The molecule has 0 spiro atoms. The number of carbonyl (C=O) groups is 2. The predicted octanol–water partition coefficient (Wildman–Crippen LogP) is 6.52. The number of nitrogens with one attached hydrogen (secondary N) is 1. The van der Waals surface area contributed by atoms with Gasteiger partial charge in [-0.25, -0.2) is 4.21 Å². The van der Waals surface area contributed by atoms with E-state index in [9.17, 15) is 19.1 Å². The van der Waals surface area contributed by atoms with Crippen LogP contribution in [0.1, 0.15) is 99.8 Å². The molecule has 5 aliphatic rings. The molecule has 234 valence electrons. The molecule has 0 aliphatic heterocycles. The number of carbonyl (C=O) groups excluding carboxylic acids is 2. The van der Waals surface area contributed by atoms with Crippen molar-refractivity contribution in [2.45, 2.75) is 105 Å². The molecule has 7 nitrogen and oxygen atoms in total. The van der Waals surface area contributed by atoms with E-state index in [-0.39, 0.29) is 56.7 Å². The van der Waals surface area contributed by atoms with Crippen LogP contribution >= 0.6 is 0 Å². The smallest absolute Gasteiger partial charge is 0.214 e. The van der Waals surface area contributed by atoms with Crippen LogP contribution in [0.25, 0.3) is 0 Å². The zero-order valence-electron chi connectivity index (χ0n) is 27.4. The van der Waals surface area contributed by atoms with E-state index in [0.29, 0.717) is 18.7 Å². The van der Waals surface area contributed by atoms with E-state index < -0.39 is 20.6 Å². The first-order valence-electron chi connectivity index (χ1n) is 16.1. The minimum atomic E-state index is -2.51. The number of nitriles is 2. The average molecular weight is 607 g/mol. The van der Waals surface area contributed by atoms with Crippen molar-refractivity contribution in [1.29, 1.82) is 10.5 Å². The van der Waals surface area contributed by atoms with E-state index >= 15 is 0 Å². The third kappa shape index (κ3) is 4.69.